The normalized spacial score (nSPS) is 17.9. The summed E-state index contributed by atoms with van der Waals surface area (Å²) in [7, 11) is -2.66. The first kappa shape index (κ1) is 30.3. The average Bonchev–Trinajstić information content (AvgIpc) is 3.35. The quantitative estimate of drug-likeness (QED) is 0.349. The van der Waals surface area contributed by atoms with Crippen LogP contribution in [0.15, 0.2) is 65.6 Å². The van der Waals surface area contributed by atoms with Crippen molar-refractivity contribution in [1.82, 2.24) is 9.62 Å². The Morgan fingerprint density at radius 3 is 2.39 bits per heavy atom. The summed E-state index contributed by atoms with van der Waals surface area (Å²) in [5.74, 6) is -1.46. The molecule has 3 aromatic rings. The van der Waals surface area contributed by atoms with Crippen LogP contribution in [0, 0.1) is 11.3 Å². The van der Waals surface area contributed by atoms with Crippen LogP contribution >= 0.6 is 23.2 Å². The Bertz CT molecular complexity index is 1620. The molecule has 1 heterocycles. The zero-order valence-electron chi connectivity index (χ0n) is 22.2. The maximum Gasteiger partial charge on any atom is 0.326 e. The zero-order chi connectivity index (χ0) is 29.9. The van der Waals surface area contributed by atoms with Crippen molar-refractivity contribution < 1.29 is 27.9 Å². The Hall–Kier alpha value is -3.62. The molecule has 0 unspecified atom stereocenters. The van der Waals surface area contributed by atoms with Crippen molar-refractivity contribution in [3.05, 3.63) is 81.8 Å². The van der Waals surface area contributed by atoms with E-state index < -0.39 is 33.5 Å². The molecular weight excluding hydrogens is 589 g/mol. The van der Waals surface area contributed by atoms with Crippen molar-refractivity contribution in [1.29, 1.82) is 5.26 Å². The smallest absolute Gasteiger partial charge is 0.326 e. The van der Waals surface area contributed by atoms with Crippen LogP contribution in [-0.4, -0.2) is 54.9 Å². The molecule has 0 bridgehead atoms. The molecule has 0 aromatic heterocycles. The van der Waals surface area contributed by atoms with Gasteiger partial charge in [-0.05, 0) is 61.2 Å². The first-order chi connectivity index (χ1) is 19.4. The van der Waals surface area contributed by atoms with Gasteiger partial charge >= 0.3 is 5.97 Å². The molecule has 0 spiro atoms. The van der Waals surface area contributed by atoms with Gasteiger partial charge in [0.15, 0.2) is 0 Å². The Labute approximate surface area is 248 Å². The minimum absolute atomic E-state index is 0.0505. The van der Waals surface area contributed by atoms with E-state index >= 15 is 0 Å². The molecule has 214 valence electrons. The number of aliphatic carboxylic acids is 1. The Morgan fingerprint density at radius 1 is 1.15 bits per heavy atom. The van der Waals surface area contributed by atoms with Crippen LogP contribution in [0.2, 0.25) is 10.0 Å². The number of rotatable bonds is 9. The van der Waals surface area contributed by atoms with E-state index in [0.717, 1.165) is 4.31 Å². The molecule has 0 radical (unpaired) electrons. The van der Waals surface area contributed by atoms with Crippen LogP contribution in [0.25, 0.3) is 11.1 Å². The largest absolute Gasteiger partial charge is 0.496 e. The summed E-state index contributed by atoms with van der Waals surface area (Å²) >= 11 is 12.0. The van der Waals surface area contributed by atoms with Crippen LogP contribution < -0.4 is 10.1 Å². The van der Waals surface area contributed by atoms with Crippen molar-refractivity contribution >= 4 is 45.1 Å². The molecule has 41 heavy (non-hydrogen) atoms. The highest BCUT2D eigenvalue weighted by molar-refractivity contribution is 7.89. The molecule has 1 fully saturated rings. The van der Waals surface area contributed by atoms with Crippen molar-refractivity contribution in [2.24, 2.45) is 0 Å². The molecule has 9 nitrogen and oxygen atoms in total. The van der Waals surface area contributed by atoms with Crippen molar-refractivity contribution in [2.75, 3.05) is 13.7 Å². The van der Waals surface area contributed by atoms with E-state index in [1.54, 1.807) is 42.5 Å². The van der Waals surface area contributed by atoms with Crippen LogP contribution in [0.3, 0.4) is 0 Å². The molecule has 1 aliphatic rings. The number of nitrogens with zero attached hydrogens (tertiary/aromatic N) is 2. The number of nitriles is 1. The zero-order valence-corrected chi connectivity index (χ0v) is 24.6. The lowest BCUT2D eigenvalue weighted by atomic mass is 9.95. The predicted octanol–water partition coefficient (Wildman–Crippen LogP) is 4.90. The number of hydrogen-bond acceptors (Lipinski definition) is 6. The summed E-state index contributed by atoms with van der Waals surface area (Å²) in [5, 5.41) is 22.3. The third kappa shape index (κ3) is 6.19. The van der Waals surface area contributed by atoms with Crippen molar-refractivity contribution in [3.8, 4) is 22.9 Å². The molecule has 1 aliphatic heterocycles. The van der Waals surface area contributed by atoms with Gasteiger partial charge in [0.2, 0.25) is 15.9 Å². The first-order valence-corrected chi connectivity index (χ1v) is 14.8. The molecule has 0 saturated carbocycles. The topological polar surface area (TPSA) is 137 Å². The van der Waals surface area contributed by atoms with Gasteiger partial charge in [-0.15, -0.1) is 0 Å². The van der Waals surface area contributed by atoms with Gasteiger partial charge in [-0.25, -0.2) is 13.2 Å². The maximum absolute atomic E-state index is 13.5. The minimum Gasteiger partial charge on any atom is -0.496 e. The van der Waals surface area contributed by atoms with E-state index in [0.29, 0.717) is 34.4 Å². The molecule has 2 N–H and O–H groups in total. The number of carboxylic acid groups (broad SMARTS) is 1. The first-order valence-electron chi connectivity index (χ1n) is 12.6. The molecule has 0 aliphatic carbocycles. The number of halogens is 2. The summed E-state index contributed by atoms with van der Waals surface area (Å²) in [5.41, 5.74) is 0.840. The fourth-order valence-corrected chi connectivity index (χ4v) is 7.54. The summed E-state index contributed by atoms with van der Waals surface area (Å²) in [6, 6.07) is 16.8. The van der Waals surface area contributed by atoms with Crippen molar-refractivity contribution in [2.45, 2.75) is 42.7 Å². The number of hydrogen-bond donors (Lipinski definition) is 2. The lowest BCUT2D eigenvalue weighted by molar-refractivity contribution is -0.143. The number of benzene rings is 3. The number of amides is 1. The molecule has 1 amide bonds. The number of ether oxygens (including phenoxy) is 1. The second kappa shape index (κ2) is 12.1. The van der Waals surface area contributed by atoms with Crippen LogP contribution in [0.4, 0.5) is 0 Å². The molecule has 4 rings (SSSR count). The van der Waals surface area contributed by atoms with E-state index in [1.807, 2.05) is 0 Å². The maximum atomic E-state index is 13.5. The van der Waals surface area contributed by atoms with Gasteiger partial charge < -0.3 is 15.2 Å². The standard InChI is InChI=1S/C29H27Cl2N3O6S/c1-29(11-4-12-34(29)41(38,39)23-15-21(30)14-22(31)16-23)28(37)33-24(27(35)36)13-18-7-9-19(10-8-18)26-20(17-32)5-3-6-25(26)40-2/h3,5-10,14-16,24H,4,11-13H2,1-2H3,(H,33,37)(H,35,36)/t24-,29-/m0/s1. The Balaban J connectivity index is 1.55. The lowest BCUT2D eigenvalue weighted by Crippen LogP contribution is -2.58. The van der Waals surface area contributed by atoms with Gasteiger partial charge in [0.1, 0.15) is 17.3 Å². The third-order valence-electron chi connectivity index (χ3n) is 7.14. The van der Waals surface area contributed by atoms with Crippen LogP contribution in [0.5, 0.6) is 5.75 Å². The van der Waals surface area contributed by atoms with Gasteiger partial charge in [0.05, 0.1) is 23.6 Å². The van der Waals surface area contributed by atoms with Gasteiger partial charge in [-0.1, -0.05) is 53.5 Å². The monoisotopic (exact) mass is 615 g/mol. The molecule has 3 aromatic carbocycles. The fourth-order valence-electron chi connectivity index (χ4n) is 5.00. The number of nitrogens with one attached hydrogen (secondary N) is 1. The molecule has 12 heteroatoms. The number of methoxy groups -OCH3 is 1. The number of sulfonamides is 1. The summed E-state index contributed by atoms with van der Waals surface area (Å²) < 4.78 is 33.5. The minimum atomic E-state index is -4.17. The highest BCUT2D eigenvalue weighted by Gasteiger charge is 2.50. The highest BCUT2D eigenvalue weighted by atomic mass is 35.5. The highest BCUT2D eigenvalue weighted by Crippen LogP contribution is 2.37. The fraction of sp³-hybridized carbons (Fsp3) is 0.276. The molecule has 1 saturated heterocycles. The van der Waals surface area contributed by atoms with Gasteiger partial charge in [0, 0.05) is 28.6 Å². The lowest BCUT2D eigenvalue weighted by Gasteiger charge is -2.34. The predicted molar refractivity (Wildman–Crippen MR) is 154 cm³/mol. The van der Waals surface area contributed by atoms with Crippen LogP contribution in [0.1, 0.15) is 30.9 Å². The summed E-state index contributed by atoms with van der Waals surface area (Å²) in [4.78, 5) is 25.5. The number of carboxylic acids is 1. The number of carbonyl (C=O) groups excluding carboxylic acids is 1. The third-order valence-corrected chi connectivity index (χ3v) is 9.57. The second-order valence-corrected chi connectivity index (χ2v) is 12.6. The van der Waals surface area contributed by atoms with Gasteiger partial charge in [0.25, 0.3) is 0 Å². The molecular formula is C29H27Cl2N3O6S. The van der Waals surface area contributed by atoms with Gasteiger partial charge in [-0.3, -0.25) is 4.79 Å². The average molecular weight is 617 g/mol. The Morgan fingerprint density at radius 2 is 1.80 bits per heavy atom. The Kier molecular flexibility index (Phi) is 8.94. The van der Waals surface area contributed by atoms with E-state index in [9.17, 15) is 28.4 Å². The van der Waals surface area contributed by atoms with Crippen molar-refractivity contribution in [3.63, 3.8) is 0 Å². The van der Waals surface area contributed by atoms with E-state index in [4.69, 9.17) is 27.9 Å². The second-order valence-electron chi connectivity index (χ2n) is 9.82. The van der Waals surface area contributed by atoms with Crippen LogP contribution in [-0.2, 0) is 26.0 Å². The molecule has 2 atom stereocenters. The van der Waals surface area contributed by atoms with E-state index in [1.165, 1.54) is 32.2 Å². The van der Waals surface area contributed by atoms with E-state index in [2.05, 4.69) is 11.4 Å². The SMILES string of the molecule is COc1cccc(C#N)c1-c1ccc(C[C@H](NC(=O)[C@]2(C)CCCN2S(=O)(=O)c2cc(Cl)cc(Cl)c2)C(=O)O)cc1. The number of carbonyl (C=O) groups is 2. The van der Waals surface area contributed by atoms with Gasteiger partial charge in [-0.2, -0.15) is 9.57 Å². The summed E-state index contributed by atoms with van der Waals surface area (Å²) in [6.45, 7) is 1.55. The van der Waals surface area contributed by atoms with E-state index in [-0.39, 0.29) is 34.3 Å². The summed E-state index contributed by atoms with van der Waals surface area (Å²) in [6.07, 6.45) is 0.558.